The zero-order valence-corrected chi connectivity index (χ0v) is 24.0. The molecule has 5 rings (SSSR count). The Hall–Kier alpha value is -4.28. The Labute approximate surface area is 239 Å². The summed E-state index contributed by atoms with van der Waals surface area (Å²) in [6, 6.07) is 17.3. The number of hydrogen-bond donors (Lipinski definition) is 2. The van der Waals surface area contributed by atoms with E-state index in [1.807, 2.05) is 48.7 Å². The maximum Gasteiger partial charge on any atom is 0.250 e. The van der Waals surface area contributed by atoms with Gasteiger partial charge < -0.3 is 29.6 Å². The van der Waals surface area contributed by atoms with Crippen LogP contribution in [0.25, 0.3) is 5.82 Å². The molecule has 0 radical (unpaired) electrons. The zero-order valence-electron chi connectivity index (χ0n) is 23.1. The fraction of sp³-hybridized carbons (Fsp3) is 0.267. The molecule has 0 bridgehead atoms. The van der Waals surface area contributed by atoms with Crippen LogP contribution in [-0.4, -0.2) is 46.4 Å². The van der Waals surface area contributed by atoms with Gasteiger partial charge in [-0.05, 0) is 86.6 Å². The van der Waals surface area contributed by atoms with Crippen molar-refractivity contribution in [1.29, 1.82) is 0 Å². The number of rotatable bonds is 8. The Balaban J connectivity index is 1.66. The van der Waals surface area contributed by atoms with Crippen LogP contribution in [0.5, 0.6) is 5.75 Å². The minimum atomic E-state index is -0.280. The first-order chi connectivity index (χ1) is 19.3. The molecule has 0 saturated carbocycles. The fourth-order valence-corrected chi connectivity index (χ4v) is 5.68. The molecule has 0 aliphatic carbocycles. The number of aryl methyl sites for hydroxylation is 2. The minimum absolute atomic E-state index is 0.0691. The summed E-state index contributed by atoms with van der Waals surface area (Å²) in [6.07, 6.45) is 3.60. The largest absolute Gasteiger partial charge is 0.495 e. The number of aromatic nitrogens is 3. The first-order valence-electron chi connectivity index (χ1n) is 12.9. The Morgan fingerprint density at radius 3 is 2.55 bits per heavy atom. The third kappa shape index (κ3) is 5.03. The van der Waals surface area contributed by atoms with Gasteiger partial charge in [0.1, 0.15) is 18.2 Å². The predicted molar refractivity (Wildman–Crippen MR) is 159 cm³/mol. The van der Waals surface area contributed by atoms with E-state index in [-0.39, 0.29) is 24.6 Å². The van der Waals surface area contributed by atoms with Gasteiger partial charge in [0.25, 0.3) is 0 Å². The summed E-state index contributed by atoms with van der Waals surface area (Å²) < 4.78 is 12.7. The van der Waals surface area contributed by atoms with Crippen LogP contribution < -0.4 is 20.3 Å². The van der Waals surface area contributed by atoms with E-state index in [0.717, 1.165) is 39.7 Å². The maximum atomic E-state index is 12.4. The SMILES string of the molecule is COCC(=O)Nc1cc(N2C(=S)N[C@H](c3ccccn3)[C@@H]2c2cc(C)n(-c3ncccc3C)c2C)ccc1OC. The molecule has 1 aromatic carbocycles. The van der Waals surface area contributed by atoms with E-state index < -0.39 is 0 Å². The number of anilines is 2. The number of carbonyl (C=O) groups is 1. The molecule has 206 valence electrons. The number of benzene rings is 1. The van der Waals surface area contributed by atoms with Gasteiger partial charge in [0, 0.05) is 36.6 Å². The zero-order chi connectivity index (χ0) is 28.4. The van der Waals surface area contributed by atoms with Crippen molar-refractivity contribution < 1.29 is 14.3 Å². The molecule has 9 nitrogen and oxygen atoms in total. The number of thiocarbonyl (C=S) groups is 1. The van der Waals surface area contributed by atoms with E-state index in [4.69, 9.17) is 21.7 Å². The molecule has 1 aliphatic rings. The Bertz CT molecular complexity index is 1550. The van der Waals surface area contributed by atoms with Gasteiger partial charge in [0.2, 0.25) is 5.91 Å². The van der Waals surface area contributed by atoms with Gasteiger partial charge in [-0.2, -0.15) is 0 Å². The quantitative estimate of drug-likeness (QED) is 0.294. The van der Waals surface area contributed by atoms with Crippen LogP contribution in [0.4, 0.5) is 11.4 Å². The second-order valence-electron chi connectivity index (χ2n) is 9.67. The van der Waals surface area contributed by atoms with Crippen LogP contribution in [0.2, 0.25) is 0 Å². The van der Waals surface area contributed by atoms with Crippen molar-refractivity contribution in [3.63, 3.8) is 0 Å². The highest BCUT2D eigenvalue weighted by Crippen LogP contribution is 2.45. The predicted octanol–water partition coefficient (Wildman–Crippen LogP) is 4.96. The lowest BCUT2D eigenvalue weighted by molar-refractivity contribution is -0.119. The molecule has 2 N–H and O–H groups in total. The number of hydrogen-bond acceptors (Lipinski definition) is 6. The van der Waals surface area contributed by atoms with E-state index in [1.165, 1.54) is 7.11 Å². The number of pyridine rings is 2. The van der Waals surface area contributed by atoms with Gasteiger partial charge in [0.05, 0.1) is 30.6 Å². The number of nitrogens with zero attached hydrogens (tertiary/aromatic N) is 4. The molecule has 40 heavy (non-hydrogen) atoms. The molecule has 3 aromatic heterocycles. The van der Waals surface area contributed by atoms with Crippen LogP contribution in [0.3, 0.4) is 0 Å². The van der Waals surface area contributed by atoms with Crippen molar-refractivity contribution >= 4 is 34.6 Å². The van der Waals surface area contributed by atoms with Crippen molar-refractivity contribution in [3.8, 4) is 11.6 Å². The number of methoxy groups -OCH3 is 2. The Kier molecular flexibility index (Phi) is 7.81. The maximum absolute atomic E-state index is 12.4. The monoisotopic (exact) mass is 556 g/mol. The molecule has 10 heteroatoms. The summed E-state index contributed by atoms with van der Waals surface area (Å²) >= 11 is 5.94. The molecular weight excluding hydrogens is 524 g/mol. The third-order valence-corrected chi connectivity index (χ3v) is 7.41. The molecule has 0 spiro atoms. The summed E-state index contributed by atoms with van der Waals surface area (Å²) in [4.78, 5) is 23.8. The van der Waals surface area contributed by atoms with Crippen molar-refractivity contribution in [2.75, 3.05) is 31.0 Å². The minimum Gasteiger partial charge on any atom is -0.495 e. The second-order valence-corrected chi connectivity index (χ2v) is 10.1. The first-order valence-corrected chi connectivity index (χ1v) is 13.3. The average Bonchev–Trinajstić information content (AvgIpc) is 3.44. The van der Waals surface area contributed by atoms with Gasteiger partial charge in [0.15, 0.2) is 5.11 Å². The molecule has 1 fully saturated rings. The van der Waals surface area contributed by atoms with E-state index in [9.17, 15) is 4.79 Å². The molecule has 2 atom stereocenters. The molecule has 4 aromatic rings. The number of ether oxygens (including phenoxy) is 2. The van der Waals surface area contributed by atoms with E-state index in [2.05, 4.69) is 63.0 Å². The highest BCUT2D eigenvalue weighted by atomic mass is 32.1. The van der Waals surface area contributed by atoms with E-state index in [1.54, 1.807) is 13.3 Å². The Morgan fingerprint density at radius 1 is 1.05 bits per heavy atom. The van der Waals surface area contributed by atoms with Crippen molar-refractivity contribution in [3.05, 3.63) is 95.2 Å². The summed E-state index contributed by atoms with van der Waals surface area (Å²) in [5.41, 5.74) is 6.50. The Morgan fingerprint density at radius 2 is 1.85 bits per heavy atom. The second kappa shape index (κ2) is 11.4. The summed E-state index contributed by atoms with van der Waals surface area (Å²) in [7, 11) is 3.05. The van der Waals surface area contributed by atoms with Crippen molar-refractivity contribution in [2.24, 2.45) is 0 Å². The van der Waals surface area contributed by atoms with Crippen molar-refractivity contribution in [1.82, 2.24) is 19.9 Å². The molecule has 4 heterocycles. The van der Waals surface area contributed by atoms with Crippen LogP contribution in [-0.2, 0) is 9.53 Å². The van der Waals surface area contributed by atoms with Crippen LogP contribution in [0, 0.1) is 20.8 Å². The van der Waals surface area contributed by atoms with Gasteiger partial charge >= 0.3 is 0 Å². The highest BCUT2D eigenvalue weighted by molar-refractivity contribution is 7.80. The van der Waals surface area contributed by atoms with Crippen LogP contribution >= 0.6 is 12.2 Å². The first kappa shape index (κ1) is 27.3. The van der Waals surface area contributed by atoms with Gasteiger partial charge in [-0.15, -0.1) is 0 Å². The van der Waals surface area contributed by atoms with Crippen LogP contribution in [0.1, 0.15) is 40.3 Å². The summed E-state index contributed by atoms with van der Waals surface area (Å²) in [6.45, 7) is 6.19. The lowest BCUT2D eigenvalue weighted by atomic mass is 9.96. The molecule has 0 unspecified atom stereocenters. The lowest BCUT2D eigenvalue weighted by Gasteiger charge is -2.29. The van der Waals surface area contributed by atoms with Gasteiger partial charge in [-0.3, -0.25) is 9.78 Å². The number of amides is 1. The highest BCUT2D eigenvalue weighted by Gasteiger charge is 2.42. The van der Waals surface area contributed by atoms with Crippen LogP contribution in [0.15, 0.2) is 67.0 Å². The summed E-state index contributed by atoms with van der Waals surface area (Å²) in [5.74, 6) is 1.15. The molecular formula is C30H32N6O3S. The van der Waals surface area contributed by atoms with Gasteiger partial charge in [-0.25, -0.2) is 4.98 Å². The topological polar surface area (TPSA) is 93.5 Å². The molecule has 1 amide bonds. The average molecular weight is 557 g/mol. The van der Waals surface area contributed by atoms with Gasteiger partial charge in [-0.1, -0.05) is 12.1 Å². The van der Waals surface area contributed by atoms with E-state index in [0.29, 0.717) is 16.5 Å². The molecule has 1 aliphatic heterocycles. The number of nitrogens with one attached hydrogen (secondary N) is 2. The normalized spacial score (nSPS) is 16.6. The smallest absolute Gasteiger partial charge is 0.250 e. The van der Waals surface area contributed by atoms with E-state index >= 15 is 0 Å². The lowest BCUT2D eigenvalue weighted by Crippen LogP contribution is -2.29. The molecule has 1 saturated heterocycles. The third-order valence-electron chi connectivity index (χ3n) is 7.09. The standard InChI is InChI=1S/C30H32N6O3S/c1-18-9-8-14-32-29(18)35-19(2)15-22(20(35)3)28-27(23-10-6-7-13-31-23)34-30(40)36(28)21-11-12-25(39-5)24(16-21)33-26(37)17-38-4/h6-16,27-28H,17H2,1-5H3,(H,33,37)(H,34,40)/t27-,28+/m1/s1. The van der Waals surface area contributed by atoms with Crippen molar-refractivity contribution in [2.45, 2.75) is 32.9 Å². The summed E-state index contributed by atoms with van der Waals surface area (Å²) in [5, 5.41) is 6.96. The fourth-order valence-electron chi connectivity index (χ4n) is 5.33. The number of carbonyl (C=O) groups excluding carboxylic acids is 1.